The van der Waals surface area contributed by atoms with Crippen LogP contribution < -0.4 is 47.9 Å². The minimum atomic E-state index is -1.25. The van der Waals surface area contributed by atoms with Crippen molar-refractivity contribution in [1.29, 1.82) is 0 Å². The number of amides is 7. The normalized spacial score (nSPS) is 14.8. The molecule has 0 aliphatic carbocycles. The van der Waals surface area contributed by atoms with Crippen LogP contribution in [0.5, 0.6) is 0 Å². The van der Waals surface area contributed by atoms with Gasteiger partial charge < -0.3 is 97.4 Å². The average molecular weight is 1660 g/mol. The van der Waals surface area contributed by atoms with Gasteiger partial charge in [-0.3, -0.25) is 38.6 Å². The van der Waals surface area contributed by atoms with Crippen molar-refractivity contribution in [2.24, 2.45) is 0 Å². The molecule has 14 N–H and O–H groups in total. The molecular weight excluding hydrogens is 1550 g/mol. The Bertz CT molecular complexity index is 3470. The number of likely N-dealkylation sites (N-methyl/N-ethyl adjacent to an activating group) is 2. The minimum Gasteiger partial charge on any atom is -0.481 e. The zero-order valence-corrected chi connectivity index (χ0v) is 65.2. The van der Waals surface area contributed by atoms with E-state index in [1.165, 1.54) is 0 Å². The van der Waals surface area contributed by atoms with E-state index in [0.29, 0.717) is 139 Å². The van der Waals surface area contributed by atoms with Crippen LogP contribution in [0.4, 0.5) is 21.0 Å². The number of aliphatic carboxylic acids is 5. The first-order valence-electron chi connectivity index (χ1n) is 36.9. The molecule has 0 spiro atoms. The molecule has 2 unspecified atom stereocenters. The highest BCUT2D eigenvalue weighted by atomic mass is 127. The molecule has 1 saturated heterocycles. The van der Waals surface area contributed by atoms with Gasteiger partial charge in [0.2, 0.25) is 17.7 Å². The standard InChI is InChI=1S/C73H109IN16O18S/c1-86-33-35-87(2)58(48-89(51-67(97)98)38-37-88(36-34-86)50-66(95)96)46-53-22-26-56(27-23-53)80-73(109)78-31-8-3-15-59(68(99)82-60(69(100)101)16-4-6-29-75-63(91)18-9-12-52-20-24-55(74)25-21-52)81-64(92)28-40-106-42-44-108-45-43-107-41-39-90-49-62(84-85-90)54-13-10-14-57(47-54)79-71(104)76-30-7-5-17-61(70(102)103)83-72(105)77-32-11-19-65(93)94/h10,13-14,20-27,47,49,58-61H,3-9,11-12,15-19,28-46,48,50-51H2,1-2H3,(H,75,91)(H,81,92)(H,82,99)(H,93,94)(H,95,96)(H,97,98)(H,100,101)(H,102,103)(H2,76,79,104)(H2,77,83,105)(H2,78,80,109)/t58?,59-,60?,61-/m0/s1. The van der Waals surface area contributed by atoms with Gasteiger partial charge in [-0.25, -0.2) is 23.9 Å². The van der Waals surface area contributed by atoms with Gasteiger partial charge >= 0.3 is 41.9 Å². The number of hydrogen-bond donors (Lipinski definition) is 14. The third-order valence-electron chi connectivity index (χ3n) is 17.7. The quantitative estimate of drug-likeness (QED) is 0.0169. The predicted octanol–water partition coefficient (Wildman–Crippen LogP) is 3.98. The fourth-order valence-corrected chi connectivity index (χ4v) is 12.1. The molecule has 109 heavy (non-hydrogen) atoms. The molecule has 1 aliphatic heterocycles. The van der Waals surface area contributed by atoms with Crippen molar-refractivity contribution < 1.29 is 87.7 Å². The number of ether oxygens (including phenoxy) is 3. The number of thiocarbonyl (C=S) groups is 1. The highest BCUT2D eigenvalue weighted by molar-refractivity contribution is 14.1. The molecule has 602 valence electrons. The molecule has 0 radical (unpaired) electrons. The van der Waals surface area contributed by atoms with E-state index in [1.54, 1.807) is 29.1 Å². The lowest BCUT2D eigenvalue weighted by molar-refractivity contribution is -0.142. The van der Waals surface area contributed by atoms with Crippen molar-refractivity contribution in [3.05, 3.63) is 93.7 Å². The fraction of sp³-hybridized carbons (Fsp3) is 0.575. The summed E-state index contributed by atoms with van der Waals surface area (Å²) in [6.07, 6.45) is 7.25. The van der Waals surface area contributed by atoms with Crippen molar-refractivity contribution in [2.45, 2.75) is 133 Å². The molecule has 5 rings (SSSR count). The van der Waals surface area contributed by atoms with Crippen LogP contribution in [-0.2, 0) is 72.0 Å². The summed E-state index contributed by atoms with van der Waals surface area (Å²) in [5.41, 5.74) is 4.66. The molecule has 1 aliphatic rings. The first-order chi connectivity index (χ1) is 52.4. The van der Waals surface area contributed by atoms with Gasteiger partial charge in [-0.05, 0) is 180 Å². The zero-order chi connectivity index (χ0) is 79.1. The van der Waals surface area contributed by atoms with Crippen LogP contribution in [0.25, 0.3) is 11.3 Å². The number of aromatic nitrogens is 3. The maximum Gasteiger partial charge on any atom is 0.326 e. The number of anilines is 2. The number of halogens is 1. The number of nitrogens with one attached hydrogen (secondary N) is 9. The summed E-state index contributed by atoms with van der Waals surface area (Å²) >= 11 is 7.88. The van der Waals surface area contributed by atoms with E-state index in [1.807, 2.05) is 78.5 Å². The highest BCUT2D eigenvalue weighted by Crippen LogP contribution is 2.21. The number of unbranched alkanes of at least 4 members (excludes halogenated alkanes) is 3. The van der Waals surface area contributed by atoms with E-state index in [-0.39, 0.29) is 110 Å². The zero-order valence-electron chi connectivity index (χ0n) is 62.2. The third kappa shape index (κ3) is 40.5. The smallest absolute Gasteiger partial charge is 0.326 e. The lowest BCUT2D eigenvalue weighted by atomic mass is 10.0. The molecule has 4 aromatic rings. The van der Waals surface area contributed by atoms with Gasteiger partial charge in [0.1, 0.15) is 23.8 Å². The molecular formula is C73H109IN16O18S. The van der Waals surface area contributed by atoms with Gasteiger partial charge in [-0.15, -0.1) is 5.10 Å². The molecule has 3 aromatic carbocycles. The second kappa shape index (κ2) is 52.4. The monoisotopic (exact) mass is 1660 g/mol. The van der Waals surface area contributed by atoms with Crippen molar-refractivity contribution in [3.8, 4) is 11.3 Å². The van der Waals surface area contributed by atoms with Crippen LogP contribution in [0, 0.1) is 3.57 Å². The van der Waals surface area contributed by atoms with E-state index in [4.69, 9.17) is 31.5 Å². The SMILES string of the molecule is CN1CCN(CC(=O)O)CCN(CC(=O)O)CC(Cc2ccc(NC(=S)NCCCC[C@H](NC(=O)CCOCCOCCOCCn3cc(-c4cccc(NC(=O)NCCCC[C@H](NC(=O)NCCCC(=O)O)C(=O)O)c4)nn3)C(=O)NC(CCCCNC(=O)CCCc3ccc(I)cc3)C(=O)O)cc2)N(C)CC1. The number of rotatable bonds is 50. The topological polar surface area (TPSA) is 451 Å². The molecule has 1 aromatic heterocycles. The minimum absolute atomic E-state index is 0.0151. The van der Waals surface area contributed by atoms with Crippen molar-refractivity contribution >= 4 is 111 Å². The summed E-state index contributed by atoms with van der Waals surface area (Å²) in [5, 5.41) is 81.5. The second-order valence-corrected chi connectivity index (χ2v) is 28.2. The summed E-state index contributed by atoms with van der Waals surface area (Å²) in [7, 11) is 4.04. The number of urea groups is 2. The predicted molar refractivity (Wildman–Crippen MR) is 419 cm³/mol. The van der Waals surface area contributed by atoms with E-state index in [2.05, 4.69) is 90.6 Å². The maximum absolute atomic E-state index is 13.9. The van der Waals surface area contributed by atoms with Crippen LogP contribution >= 0.6 is 34.8 Å². The second-order valence-electron chi connectivity index (χ2n) is 26.6. The van der Waals surface area contributed by atoms with Gasteiger partial charge in [-0.2, -0.15) is 0 Å². The number of aryl methyl sites for hydroxylation is 1. The van der Waals surface area contributed by atoms with E-state index >= 15 is 0 Å². The van der Waals surface area contributed by atoms with Crippen LogP contribution in [0.3, 0.4) is 0 Å². The fourth-order valence-electron chi connectivity index (χ4n) is 11.5. The van der Waals surface area contributed by atoms with Gasteiger partial charge in [0, 0.05) is 118 Å². The van der Waals surface area contributed by atoms with Gasteiger partial charge in [0.15, 0.2) is 5.11 Å². The molecule has 4 atom stereocenters. The van der Waals surface area contributed by atoms with E-state index in [9.17, 15) is 68.4 Å². The lowest BCUT2D eigenvalue weighted by Gasteiger charge is -2.36. The Labute approximate surface area is 654 Å². The number of carboxylic acid groups (broad SMARTS) is 5. The number of carbonyl (C=O) groups is 10. The molecule has 0 bridgehead atoms. The number of carbonyl (C=O) groups excluding carboxylic acids is 5. The Morgan fingerprint density at radius 2 is 1.12 bits per heavy atom. The highest BCUT2D eigenvalue weighted by Gasteiger charge is 2.28. The summed E-state index contributed by atoms with van der Waals surface area (Å²) in [6, 6.07) is 18.2. The van der Waals surface area contributed by atoms with Crippen molar-refractivity contribution in [1.82, 2.24) is 71.8 Å². The van der Waals surface area contributed by atoms with Crippen LogP contribution in [0.1, 0.15) is 101 Å². The van der Waals surface area contributed by atoms with Gasteiger partial charge in [0.05, 0.1) is 65.5 Å². The van der Waals surface area contributed by atoms with Crippen molar-refractivity contribution in [3.63, 3.8) is 0 Å². The number of benzene rings is 3. The Morgan fingerprint density at radius 1 is 0.541 bits per heavy atom. The first kappa shape index (κ1) is 90.9. The van der Waals surface area contributed by atoms with E-state index in [0.717, 1.165) is 39.9 Å². The number of nitrogens with zero attached hydrogens (tertiary/aromatic N) is 7. The molecule has 2 heterocycles. The van der Waals surface area contributed by atoms with Gasteiger partial charge in [0.25, 0.3) is 0 Å². The molecule has 7 amide bonds. The summed E-state index contributed by atoms with van der Waals surface area (Å²) in [6.45, 7) is 6.38. The summed E-state index contributed by atoms with van der Waals surface area (Å²) in [4.78, 5) is 131. The Kier molecular flexibility index (Phi) is 43.6. The third-order valence-corrected chi connectivity index (χ3v) is 18.6. The van der Waals surface area contributed by atoms with Crippen LogP contribution in [0.15, 0.2) is 79.0 Å². The Balaban J connectivity index is 1.01. The average Bonchev–Trinajstić information content (AvgIpc) is 1.84. The summed E-state index contributed by atoms with van der Waals surface area (Å²) < 4.78 is 19.8. The number of hydrogen-bond acceptors (Lipinski definition) is 20. The Morgan fingerprint density at radius 3 is 1.79 bits per heavy atom. The Hall–Kier alpha value is -8.76. The number of carboxylic acids is 5. The first-order valence-corrected chi connectivity index (χ1v) is 38.4. The largest absolute Gasteiger partial charge is 0.481 e. The molecule has 36 heteroatoms. The van der Waals surface area contributed by atoms with E-state index < -0.39 is 71.8 Å². The van der Waals surface area contributed by atoms with Gasteiger partial charge in [-0.1, -0.05) is 41.6 Å². The summed E-state index contributed by atoms with van der Waals surface area (Å²) in [5.74, 6) is -6.56. The van der Waals surface area contributed by atoms with Crippen LogP contribution in [-0.4, -0.2) is 288 Å². The molecule has 34 nitrogen and oxygen atoms in total. The van der Waals surface area contributed by atoms with Crippen molar-refractivity contribution in [2.75, 3.05) is 149 Å². The lowest BCUT2D eigenvalue weighted by Crippen LogP contribution is -2.51. The molecule has 0 saturated carbocycles. The molecule has 1 fully saturated rings. The van der Waals surface area contributed by atoms with Crippen LogP contribution in [0.2, 0.25) is 0 Å². The maximum atomic E-state index is 13.9.